The van der Waals surface area contributed by atoms with Gasteiger partial charge in [0.25, 0.3) is 10.0 Å². The molecule has 0 bridgehead atoms. The quantitative estimate of drug-likeness (QED) is 0.190. The minimum atomic E-state index is -4.12. The van der Waals surface area contributed by atoms with Crippen LogP contribution >= 0.6 is 0 Å². The van der Waals surface area contributed by atoms with E-state index >= 15 is 0 Å². The summed E-state index contributed by atoms with van der Waals surface area (Å²) in [6, 6.07) is 31.9. The number of anilines is 1. The van der Waals surface area contributed by atoms with Crippen molar-refractivity contribution >= 4 is 27.5 Å². The van der Waals surface area contributed by atoms with Crippen LogP contribution in [0.5, 0.6) is 0 Å². The molecule has 7 nitrogen and oxygen atoms in total. The fraction of sp³-hybridized carbons (Fsp3) is 0.316. The second kappa shape index (κ2) is 15.2. The highest BCUT2D eigenvalue weighted by atomic mass is 32.2. The zero-order valence-electron chi connectivity index (χ0n) is 26.6. The summed E-state index contributed by atoms with van der Waals surface area (Å²) >= 11 is 0. The van der Waals surface area contributed by atoms with Crippen LogP contribution in [-0.4, -0.2) is 43.8 Å². The second-order valence-electron chi connectivity index (χ2n) is 12.2. The van der Waals surface area contributed by atoms with Crippen molar-refractivity contribution in [1.82, 2.24) is 10.2 Å². The molecule has 46 heavy (non-hydrogen) atoms. The lowest BCUT2D eigenvalue weighted by molar-refractivity contribution is -0.140. The Morgan fingerprint density at radius 1 is 0.783 bits per heavy atom. The summed E-state index contributed by atoms with van der Waals surface area (Å²) < 4.78 is 29.4. The minimum absolute atomic E-state index is 0.0532. The summed E-state index contributed by atoms with van der Waals surface area (Å²) in [5.74, 6) is -0.673. The SMILES string of the molecule is Cc1ccc(N(CC(=O)N(Cc2ccccc2C)[C@H](Cc2ccccc2)C(=O)NC2CCCCC2)S(=O)(=O)c2ccccc2)cc1. The van der Waals surface area contributed by atoms with Gasteiger partial charge in [-0.2, -0.15) is 0 Å². The number of nitrogens with zero attached hydrogens (tertiary/aromatic N) is 2. The van der Waals surface area contributed by atoms with Crippen LogP contribution in [0.2, 0.25) is 0 Å². The lowest BCUT2D eigenvalue weighted by Gasteiger charge is -2.35. The van der Waals surface area contributed by atoms with E-state index in [2.05, 4.69) is 5.32 Å². The molecule has 1 N–H and O–H groups in total. The van der Waals surface area contributed by atoms with Gasteiger partial charge in [0.1, 0.15) is 12.6 Å². The molecule has 0 saturated heterocycles. The summed E-state index contributed by atoms with van der Waals surface area (Å²) in [5.41, 5.74) is 4.15. The van der Waals surface area contributed by atoms with Crippen molar-refractivity contribution < 1.29 is 18.0 Å². The number of nitrogens with one attached hydrogen (secondary N) is 1. The molecule has 1 fully saturated rings. The van der Waals surface area contributed by atoms with Gasteiger partial charge in [-0.25, -0.2) is 8.42 Å². The molecule has 0 spiro atoms. The summed E-state index contributed by atoms with van der Waals surface area (Å²) in [6.45, 7) is 3.60. The van der Waals surface area contributed by atoms with Gasteiger partial charge in [0, 0.05) is 19.0 Å². The Balaban J connectivity index is 1.56. The number of rotatable bonds is 12. The number of carbonyl (C=O) groups is 2. The van der Waals surface area contributed by atoms with Gasteiger partial charge in [0.2, 0.25) is 11.8 Å². The molecule has 1 saturated carbocycles. The number of hydrogen-bond acceptors (Lipinski definition) is 4. The van der Waals surface area contributed by atoms with Crippen molar-refractivity contribution in [2.75, 3.05) is 10.8 Å². The summed E-state index contributed by atoms with van der Waals surface area (Å²) in [4.78, 5) is 30.5. The molecule has 1 atom stereocenters. The van der Waals surface area contributed by atoms with E-state index < -0.39 is 28.5 Å². The number of benzene rings is 4. The van der Waals surface area contributed by atoms with Gasteiger partial charge in [0.15, 0.2) is 0 Å². The van der Waals surface area contributed by atoms with Crippen LogP contribution in [0.15, 0.2) is 114 Å². The molecule has 1 aliphatic carbocycles. The highest BCUT2D eigenvalue weighted by Gasteiger charge is 2.35. The Morgan fingerprint density at radius 3 is 2.04 bits per heavy atom. The van der Waals surface area contributed by atoms with Gasteiger partial charge in [-0.05, 0) is 67.6 Å². The average molecular weight is 638 g/mol. The van der Waals surface area contributed by atoms with Crippen LogP contribution in [0.1, 0.15) is 54.4 Å². The van der Waals surface area contributed by atoms with Crippen LogP contribution in [0.25, 0.3) is 0 Å². The van der Waals surface area contributed by atoms with Crippen LogP contribution < -0.4 is 9.62 Å². The monoisotopic (exact) mass is 637 g/mol. The largest absolute Gasteiger partial charge is 0.352 e. The van der Waals surface area contributed by atoms with Crippen LogP contribution in [-0.2, 0) is 32.6 Å². The van der Waals surface area contributed by atoms with Gasteiger partial charge >= 0.3 is 0 Å². The van der Waals surface area contributed by atoms with E-state index in [1.165, 1.54) is 12.1 Å². The Morgan fingerprint density at radius 2 is 1.39 bits per heavy atom. The number of sulfonamides is 1. The fourth-order valence-electron chi connectivity index (χ4n) is 6.03. The summed E-state index contributed by atoms with van der Waals surface area (Å²) in [7, 11) is -4.12. The maximum atomic E-state index is 14.7. The van der Waals surface area contributed by atoms with Crippen LogP contribution in [0, 0.1) is 13.8 Å². The third-order valence-electron chi connectivity index (χ3n) is 8.76. The molecule has 0 radical (unpaired) electrons. The molecule has 0 aliphatic heterocycles. The maximum absolute atomic E-state index is 14.7. The standard InChI is InChI=1S/C38H43N3O4S/c1-29-22-24-34(25-23-29)41(46(44,45)35-20-10-5-11-21-35)28-37(42)40(27-32-17-13-12-14-30(32)2)36(26-31-15-6-3-7-16-31)38(43)39-33-18-8-4-9-19-33/h3,5-7,10-17,20-25,33,36H,4,8-9,18-19,26-28H2,1-2H3,(H,39,43)/t36-/m1/s1. The Kier molecular flexibility index (Phi) is 10.9. The van der Waals surface area contributed by atoms with Gasteiger partial charge in [-0.1, -0.05) is 110 Å². The van der Waals surface area contributed by atoms with Crippen molar-refractivity contribution in [3.8, 4) is 0 Å². The first-order valence-corrected chi connectivity index (χ1v) is 17.5. The zero-order valence-corrected chi connectivity index (χ0v) is 27.5. The van der Waals surface area contributed by atoms with E-state index in [0.29, 0.717) is 12.1 Å². The molecule has 0 aromatic heterocycles. The molecule has 2 amide bonds. The molecule has 0 unspecified atom stereocenters. The Hall–Kier alpha value is -4.43. The molecule has 5 rings (SSSR count). The van der Waals surface area contributed by atoms with E-state index in [1.807, 2.05) is 80.6 Å². The number of amides is 2. The van der Waals surface area contributed by atoms with Crippen LogP contribution in [0.4, 0.5) is 5.69 Å². The van der Waals surface area contributed by atoms with E-state index in [9.17, 15) is 18.0 Å². The highest BCUT2D eigenvalue weighted by Crippen LogP contribution is 2.26. The predicted molar refractivity (Wildman–Crippen MR) is 183 cm³/mol. The maximum Gasteiger partial charge on any atom is 0.264 e. The smallest absolute Gasteiger partial charge is 0.264 e. The van der Waals surface area contributed by atoms with Gasteiger partial charge < -0.3 is 10.2 Å². The van der Waals surface area contributed by atoms with Crippen molar-refractivity contribution in [1.29, 1.82) is 0 Å². The Labute approximate surface area is 273 Å². The molecule has 240 valence electrons. The fourth-order valence-corrected chi connectivity index (χ4v) is 7.46. The van der Waals surface area contributed by atoms with E-state index in [-0.39, 0.29) is 23.4 Å². The van der Waals surface area contributed by atoms with Crippen molar-refractivity contribution in [2.45, 2.75) is 75.9 Å². The average Bonchev–Trinajstić information content (AvgIpc) is 3.07. The normalized spacial score (nSPS) is 14.3. The molecule has 0 heterocycles. The van der Waals surface area contributed by atoms with E-state index in [0.717, 1.165) is 58.7 Å². The molecule has 8 heteroatoms. The van der Waals surface area contributed by atoms with E-state index in [4.69, 9.17) is 0 Å². The van der Waals surface area contributed by atoms with Crippen molar-refractivity contribution in [2.24, 2.45) is 0 Å². The van der Waals surface area contributed by atoms with Crippen molar-refractivity contribution in [3.05, 3.63) is 131 Å². The molecular weight excluding hydrogens is 595 g/mol. The number of aryl methyl sites for hydroxylation is 2. The highest BCUT2D eigenvalue weighted by molar-refractivity contribution is 7.92. The summed E-state index contributed by atoms with van der Waals surface area (Å²) in [5, 5.41) is 3.26. The first kappa shape index (κ1) is 32.9. The molecule has 4 aromatic carbocycles. The minimum Gasteiger partial charge on any atom is -0.352 e. The first-order chi connectivity index (χ1) is 22.2. The number of carbonyl (C=O) groups excluding carboxylic acids is 2. The summed E-state index contributed by atoms with van der Waals surface area (Å²) in [6.07, 6.45) is 5.39. The van der Waals surface area contributed by atoms with Crippen molar-refractivity contribution in [3.63, 3.8) is 0 Å². The third-order valence-corrected chi connectivity index (χ3v) is 10.5. The Bertz CT molecular complexity index is 1700. The lowest BCUT2D eigenvalue weighted by Crippen LogP contribution is -2.55. The lowest BCUT2D eigenvalue weighted by atomic mass is 9.94. The predicted octanol–water partition coefficient (Wildman–Crippen LogP) is 6.59. The number of hydrogen-bond donors (Lipinski definition) is 1. The molecule has 1 aliphatic rings. The van der Waals surface area contributed by atoms with Gasteiger partial charge in [0.05, 0.1) is 10.6 Å². The van der Waals surface area contributed by atoms with Gasteiger partial charge in [-0.3, -0.25) is 13.9 Å². The first-order valence-electron chi connectivity index (χ1n) is 16.0. The zero-order chi connectivity index (χ0) is 32.5. The molecule has 4 aromatic rings. The van der Waals surface area contributed by atoms with E-state index in [1.54, 1.807) is 35.2 Å². The third kappa shape index (κ3) is 8.23. The molecular formula is C38H43N3O4S. The van der Waals surface area contributed by atoms with Gasteiger partial charge in [-0.15, -0.1) is 0 Å². The topological polar surface area (TPSA) is 86.8 Å². The van der Waals surface area contributed by atoms with Crippen LogP contribution in [0.3, 0.4) is 0 Å². The second-order valence-corrected chi connectivity index (χ2v) is 14.0.